The summed E-state index contributed by atoms with van der Waals surface area (Å²) >= 11 is 0. The molecule has 8 heteroatoms. The van der Waals surface area contributed by atoms with Gasteiger partial charge in [-0.2, -0.15) is 5.10 Å². The molecule has 0 saturated heterocycles. The molecule has 2 aromatic rings. The Bertz CT molecular complexity index is 753. The highest BCUT2D eigenvalue weighted by Gasteiger charge is 2.22. The van der Waals surface area contributed by atoms with Crippen molar-refractivity contribution in [2.24, 2.45) is 7.05 Å². The van der Waals surface area contributed by atoms with Crippen LogP contribution in [-0.2, 0) is 17.1 Å². The summed E-state index contributed by atoms with van der Waals surface area (Å²) < 4.78 is 34.0. The first-order valence-electron chi connectivity index (χ1n) is 6.39. The molecule has 7 nitrogen and oxygen atoms in total. The molecule has 0 aliphatic heterocycles. The summed E-state index contributed by atoms with van der Waals surface area (Å²) in [6.45, 7) is 4.17. The Morgan fingerprint density at radius 2 is 2.14 bits per heavy atom. The molecule has 0 fully saturated rings. The number of nitrogen functional groups attached to an aromatic ring is 1. The van der Waals surface area contributed by atoms with E-state index < -0.39 is 10.0 Å². The highest BCUT2D eigenvalue weighted by molar-refractivity contribution is 7.92. The second kappa shape index (κ2) is 5.65. The van der Waals surface area contributed by atoms with Gasteiger partial charge in [-0.3, -0.25) is 9.40 Å². The average Bonchev–Trinajstić information content (AvgIpc) is 2.73. The van der Waals surface area contributed by atoms with Crippen molar-refractivity contribution >= 4 is 21.5 Å². The van der Waals surface area contributed by atoms with Gasteiger partial charge in [0.05, 0.1) is 12.3 Å². The minimum absolute atomic E-state index is 0.0462. The third-order valence-electron chi connectivity index (χ3n) is 2.79. The molecule has 21 heavy (non-hydrogen) atoms. The molecule has 0 unspecified atom stereocenters. The standard InChI is InChI=1S/C13H18N4O3S/c1-4-20-11-7-9(2)5-6-10(11)16-21(18,19)12-8-17(3)15-13(12)14/h5-8,16H,4H2,1-3H3,(H2,14,15). The number of nitrogens with zero attached hydrogens (tertiary/aromatic N) is 2. The van der Waals surface area contributed by atoms with Gasteiger partial charge >= 0.3 is 0 Å². The largest absolute Gasteiger partial charge is 0.492 e. The van der Waals surface area contributed by atoms with E-state index in [0.29, 0.717) is 18.0 Å². The minimum atomic E-state index is -3.82. The molecule has 0 aliphatic carbocycles. The number of ether oxygens (including phenoxy) is 1. The third-order valence-corrected chi connectivity index (χ3v) is 4.18. The molecule has 0 atom stereocenters. The highest BCUT2D eigenvalue weighted by Crippen LogP contribution is 2.29. The monoisotopic (exact) mass is 310 g/mol. The van der Waals surface area contributed by atoms with Gasteiger partial charge in [-0.1, -0.05) is 6.07 Å². The number of hydrogen-bond donors (Lipinski definition) is 2. The zero-order valence-corrected chi connectivity index (χ0v) is 12.9. The predicted octanol–water partition coefficient (Wildman–Crippen LogP) is 1.51. The van der Waals surface area contributed by atoms with Crippen molar-refractivity contribution < 1.29 is 13.2 Å². The van der Waals surface area contributed by atoms with Crippen molar-refractivity contribution in [3.8, 4) is 5.75 Å². The topological polar surface area (TPSA) is 99.2 Å². The Morgan fingerprint density at radius 1 is 1.43 bits per heavy atom. The fourth-order valence-electron chi connectivity index (χ4n) is 1.88. The van der Waals surface area contributed by atoms with Crippen molar-refractivity contribution in [3.63, 3.8) is 0 Å². The summed E-state index contributed by atoms with van der Waals surface area (Å²) in [4.78, 5) is -0.0620. The Labute approximate surface area is 123 Å². The number of nitrogens with one attached hydrogen (secondary N) is 1. The number of sulfonamides is 1. The van der Waals surface area contributed by atoms with E-state index in [1.165, 1.54) is 10.9 Å². The van der Waals surface area contributed by atoms with Crippen LogP contribution in [0.5, 0.6) is 5.75 Å². The summed E-state index contributed by atoms with van der Waals surface area (Å²) in [5.41, 5.74) is 6.96. The zero-order valence-electron chi connectivity index (χ0n) is 12.1. The Hall–Kier alpha value is -2.22. The molecule has 0 bridgehead atoms. The van der Waals surface area contributed by atoms with Crippen LogP contribution in [0.2, 0.25) is 0 Å². The maximum absolute atomic E-state index is 12.4. The van der Waals surface area contributed by atoms with Gasteiger partial charge in [0.2, 0.25) is 0 Å². The first kappa shape index (κ1) is 15.2. The smallest absolute Gasteiger partial charge is 0.267 e. The van der Waals surface area contributed by atoms with Crippen LogP contribution >= 0.6 is 0 Å². The van der Waals surface area contributed by atoms with Gasteiger partial charge in [-0.25, -0.2) is 8.42 Å². The maximum atomic E-state index is 12.4. The molecule has 0 radical (unpaired) electrons. The minimum Gasteiger partial charge on any atom is -0.492 e. The van der Waals surface area contributed by atoms with E-state index >= 15 is 0 Å². The molecule has 0 aliphatic rings. The average molecular weight is 310 g/mol. The van der Waals surface area contributed by atoms with Crippen molar-refractivity contribution in [2.45, 2.75) is 18.7 Å². The quantitative estimate of drug-likeness (QED) is 0.872. The van der Waals surface area contributed by atoms with Crippen LogP contribution in [0.15, 0.2) is 29.3 Å². The Balaban J connectivity index is 2.39. The lowest BCUT2D eigenvalue weighted by atomic mass is 10.2. The molecule has 2 rings (SSSR count). The highest BCUT2D eigenvalue weighted by atomic mass is 32.2. The van der Waals surface area contributed by atoms with Crippen LogP contribution in [0.3, 0.4) is 0 Å². The van der Waals surface area contributed by atoms with Gasteiger partial charge in [0.25, 0.3) is 10.0 Å². The Morgan fingerprint density at radius 3 is 2.71 bits per heavy atom. The Kier molecular flexibility index (Phi) is 4.08. The number of benzene rings is 1. The number of aryl methyl sites for hydroxylation is 2. The first-order chi connectivity index (χ1) is 9.83. The van der Waals surface area contributed by atoms with Gasteiger partial charge in [-0.15, -0.1) is 0 Å². The summed E-state index contributed by atoms with van der Waals surface area (Å²) in [7, 11) is -2.21. The number of aromatic nitrogens is 2. The van der Waals surface area contributed by atoms with Gasteiger partial charge in [0, 0.05) is 13.2 Å². The van der Waals surface area contributed by atoms with Crippen molar-refractivity contribution in [1.82, 2.24) is 9.78 Å². The summed E-state index contributed by atoms with van der Waals surface area (Å²) in [6, 6.07) is 5.23. The lowest BCUT2D eigenvalue weighted by Gasteiger charge is -2.13. The fourth-order valence-corrected chi connectivity index (χ4v) is 3.06. The van der Waals surface area contributed by atoms with E-state index in [2.05, 4.69) is 9.82 Å². The normalized spacial score (nSPS) is 11.4. The summed E-state index contributed by atoms with van der Waals surface area (Å²) in [6.07, 6.45) is 1.35. The first-order valence-corrected chi connectivity index (χ1v) is 7.87. The third kappa shape index (κ3) is 3.27. The van der Waals surface area contributed by atoms with Crippen molar-refractivity contribution in [1.29, 1.82) is 0 Å². The zero-order chi connectivity index (χ0) is 15.6. The molecule has 1 aromatic carbocycles. The summed E-state index contributed by atoms with van der Waals surface area (Å²) in [5.74, 6) is 0.429. The molecular weight excluding hydrogens is 292 g/mol. The maximum Gasteiger partial charge on any atom is 0.267 e. The van der Waals surface area contributed by atoms with Crippen LogP contribution in [-0.4, -0.2) is 24.8 Å². The molecule has 0 amide bonds. The van der Waals surface area contributed by atoms with E-state index in [0.717, 1.165) is 5.56 Å². The van der Waals surface area contributed by atoms with E-state index in [1.54, 1.807) is 25.2 Å². The number of nitrogens with two attached hydrogens (primary N) is 1. The fraction of sp³-hybridized carbons (Fsp3) is 0.308. The van der Waals surface area contributed by atoms with E-state index in [-0.39, 0.29) is 10.7 Å². The summed E-state index contributed by atoms with van der Waals surface area (Å²) in [5, 5.41) is 3.84. The molecule has 1 heterocycles. The van der Waals surface area contributed by atoms with Crippen LogP contribution in [0.1, 0.15) is 12.5 Å². The van der Waals surface area contributed by atoms with Crippen LogP contribution in [0.25, 0.3) is 0 Å². The lowest BCUT2D eigenvalue weighted by Crippen LogP contribution is -2.15. The molecule has 3 N–H and O–H groups in total. The van der Waals surface area contributed by atoms with Gasteiger partial charge in [0.1, 0.15) is 10.6 Å². The molecule has 1 aromatic heterocycles. The molecule has 0 spiro atoms. The SMILES string of the molecule is CCOc1cc(C)ccc1NS(=O)(=O)c1cn(C)nc1N. The van der Waals surface area contributed by atoms with Crippen molar-refractivity contribution in [3.05, 3.63) is 30.0 Å². The van der Waals surface area contributed by atoms with Crippen LogP contribution in [0.4, 0.5) is 11.5 Å². The second-order valence-corrected chi connectivity index (χ2v) is 6.24. The van der Waals surface area contributed by atoms with E-state index in [1.807, 2.05) is 13.8 Å². The predicted molar refractivity (Wildman–Crippen MR) is 80.8 cm³/mol. The second-order valence-electron chi connectivity index (χ2n) is 4.59. The van der Waals surface area contributed by atoms with Gasteiger partial charge in [-0.05, 0) is 31.5 Å². The molecular formula is C13H18N4O3S. The molecule has 114 valence electrons. The van der Waals surface area contributed by atoms with Crippen LogP contribution in [0, 0.1) is 6.92 Å². The van der Waals surface area contributed by atoms with Gasteiger partial charge < -0.3 is 10.5 Å². The van der Waals surface area contributed by atoms with E-state index in [9.17, 15) is 8.42 Å². The van der Waals surface area contributed by atoms with Crippen LogP contribution < -0.4 is 15.2 Å². The van der Waals surface area contributed by atoms with E-state index in [4.69, 9.17) is 10.5 Å². The number of anilines is 2. The number of hydrogen-bond acceptors (Lipinski definition) is 5. The lowest BCUT2D eigenvalue weighted by molar-refractivity contribution is 0.342. The van der Waals surface area contributed by atoms with Crippen molar-refractivity contribution in [2.75, 3.05) is 17.1 Å². The number of rotatable bonds is 5. The molecule has 0 saturated carbocycles. The van der Waals surface area contributed by atoms with Gasteiger partial charge in [0.15, 0.2) is 5.82 Å².